The lowest BCUT2D eigenvalue weighted by molar-refractivity contribution is -0.132. The minimum atomic E-state index is -0.346. The van der Waals surface area contributed by atoms with Crippen molar-refractivity contribution in [3.63, 3.8) is 0 Å². The van der Waals surface area contributed by atoms with Gasteiger partial charge in [0.2, 0.25) is 11.8 Å². The van der Waals surface area contributed by atoms with E-state index in [1.54, 1.807) is 53.4 Å². The van der Waals surface area contributed by atoms with Crippen molar-refractivity contribution >= 4 is 40.7 Å². The lowest BCUT2D eigenvalue weighted by Crippen LogP contribution is -2.40. The maximum Gasteiger partial charge on any atom is 0.257 e. The maximum atomic E-state index is 13.0. The standard InChI is InChI=1S/C26H24ClN3O3/c1-17(31)30-15-14-18-6-2-3-7-21(18)24(30)16-25(32)29-23-9-5-4-8-22(23)26(33)28-20-12-10-19(27)11-13-20/h2-13,24H,14-16H2,1H3,(H,28,33)(H,29,32). The molecule has 168 valence electrons. The molecule has 0 spiro atoms. The molecule has 7 heteroatoms. The second-order valence-electron chi connectivity index (χ2n) is 7.94. The van der Waals surface area contributed by atoms with Crippen molar-refractivity contribution in [3.8, 4) is 0 Å². The van der Waals surface area contributed by atoms with Gasteiger partial charge in [0.15, 0.2) is 0 Å². The van der Waals surface area contributed by atoms with Gasteiger partial charge >= 0.3 is 0 Å². The third-order valence-electron chi connectivity index (χ3n) is 5.74. The Morgan fingerprint density at radius 3 is 2.39 bits per heavy atom. The number of nitrogens with one attached hydrogen (secondary N) is 2. The maximum absolute atomic E-state index is 13.0. The van der Waals surface area contributed by atoms with Crippen LogP contribution in [0.4, 0.5) is 11.4 Å². The van der Waals surface area contributed by atoms with Gasteiger partial charge in [0.05, 0.1) is 23.7 Å². The van der Waals surface area contributed by atoms with Crippen LogP contribution in [-0.2, 0) is 16.0 Å². The highest BCUT2D eigenvalue weighted by Crippen LogP contribution is 2.32. The minimum absolute atomic E-state index is 0.0648. The Kier molecular flexibility index (Phi) is 6.75. The second kappa shape index (κ2) is 9.88. The predicted octanol–water partition coefficient (Wildman–Crippen LogP) is 5.07. The van der Waals surface area contributed by atoms with Crippen molar-refractivity contribution in [2.24, 2.45) is 0 Å². The largest absolute Gasteiger partial charge is 0.335 e. The Morgan fingerprint density at radius 1 is 0.939 bits per heavy atom. The Balaban J connectivity index is 1.51. The Labute approximate surface area is 197 Å². The molecule has 3 aromatic carbocycles. The van der Waals surface area contributed by atoms with Crippen molar-refractivity contribution < 1.29 is 14.4 Å². The summed E-state index contributed by atoms with van der Waals surface area (Å²) in [5.41, 5.74) is 3.49. The highest BCUT2D eigenvalue weighted by molar-refractivity contribution is 6.30. The highest BCUT2D eigenvalue weighted by Gasteiger charge is 2.30. The van der Waals surface area contributed by atoms with Gasteiger partial charge in [-0.3, -0.25) is 14.4 Å². The van der Waals surface area contributed by atoms with Crippen LogP contribution in [-0.4, -0.2) is 29.2 Å². The van der Waals surface area contributed by atoms with Crippen molar-refractivity contribution in [1.29, 1.82) is 0 Å². The molecular weight excluding hydrogens is 438 g/mol. The van der Waals surface area contributed by atoms with Crippen LogP contribution in [0.15, 0.2) is 72.8 Å². The van der Waals surface area contributed by atoms with Gasteiger partial charge in [0, 0.05) is 24.2 Å². The quantitative estimate of drug-likeness (QED) is 0.557. The zero-order chi connectivity index (χ0) is 23.4. The number of carbonyl (C=O) groups excluding carboxylic acids is 3. The van der Waals surface area contributed by atoms with Crippen LogP contribution in [0.1, 0.15) is 40.9 Å². The first kappa shape index (κ1) is 22.6. The molecule has 0 saturated carbocycles. The molecule has 1 unspecified atom stereocenters. The average Bonchev–Trinajstić information content (AvgIpc) is 2.81. The van der Waals surface area contributed by atoms with Gasteiger partial charge in [-0.15, -0.1) is 0 Å². The van der Waals surface area contributed by atoms with Crippen molar-refractivity contribution in [2.45, 2.75) is 25.8 Å². The number of nitrogens with zero attached hydrogens (tertiary/aromatic N) is 1. The zero-order valence-corrected chi connectivity index (χ0v) is 18.9. The molecule has 3 aromatic rings. The number of hydrogen-bond acceptors (Lipinski definition) is 3. The predicted molar refractivity (Wildman–Crippen MR) is 129 cm³/mol. The smallest absolute Gasteiger partial charge is 0.257 e. The topological polar surface area (TPSA) is 78.5 Å². The van der Waals surface area contributed by atoms with E-state index in [1.807, 2.05) is 24.3 Å². The molecule has 0 saturated heterocycles. The SMILES string of the molecule is CC(=O)N1CCc2ccccc2C1CC(=O)Nc1ccccc1C(=O)Nc1ccc(Cl)cc1. The summed E-state index contributed by atoms with van der Waals surface area (Å²) in [6.45, 7) is 2.10. The van der Waals surface area contributed by atoms with E-state index in [0.29, 0.717) is 28.5 Å². The first-order valence-electron chi connectivity index (χ1n) is 10.7. The molecule has 1 atom stereocenters. The van der Waals surface area contributed by atoms with E-state index in [9.17, 15) is 14.4 Å². The molecule has 0 bridgehead atoms. The molecule has 6 nitrogen and oxygen atoms in total. The number of hydrogen-bond donors (Lipinski definition) is 2. The molecule has 0 aliphatic carbocycles. The van der Waals surface area contributed by atoms with Gasteiger partial charge < -0.3 is 15.5 Å². The van der Waals surface area contributed by atoms with E-state index < -0.39 is 0 Å². The molecule has 0 fully saturated rings. The summed E-state index contributed by atoms with van der Waals surface area (Å²) in [5.74, 6) is -0.679. The zero-order valence-electron chi connectivity index (χ0n) is 18.2. The Bertz CT molecular complexity index is 1190. The molecule has 0 radical (unpaired) electrons. The first-order valence-corrected chi connectivity index (χ1v) is 11.1. The summed E-state index contributed by atoms with van der Waals surface area (Å²) >= 11 is 5.90. The lowest BCUT2D eigenvalue weighted by atomic mass is 9.90. The molecule has 33 heavy (non-hydrogen) atoms. The monoisotopic (exact) mass is 461 g/mol. The number of para-hydroxylation sites is 1. The fourth-order valence-corrected chi connectivity index (χ4v) is 4.27. The number of carbonyl (C=O) groups is 3. The normalized spacial score (nSPS) is 14.8. The first-order chi connectivity index (χ1) is 15.9. The third-order valence-corrected chi connectivity index (χ3v) is 6.00. The second-order valence-corrected chi connectivity index (χ2v) is 8.37. The van der Waals surface area contributed by atoms with Gasteiger partial charge in [0.25, 0.3) is 5.91 Å². The van der Waals surface area contributed by atoms with Crippen LogP contribution >= 0.6 is 11.6 Å². The van der Waals surface area contributed by atoms with Crippen molar-refractivity contribution in [3.05, 3.63) is 94.5 Å². The van der Waals surface area contributed by atoms with Crippen LogP contribution in [0.25, 0.3) is 0 Å². The number of amides is 3. The number of benzene rings is 3. The Morgan fingerprint density at radius 2 is 1.64 bits per heavy atom. The van der Waals surface area contributed by atoms with E-state index in [1.165, 1.54) is 6.92 Å². The van der Waals surface area contributed by atoms with E-state index in [0.717, 1.165) is 17.5 Å². The summed E-state index contributed by atoms with van der Waals surface area (Å²) in [7, 11) is 0. The highest BCUT2D eigenvalue weighted by atomic mass is 35.5. The summed E-state index contributed by atoms with van der Waals surface area (Å²) in [5, 5.41) is 6.25. The number of rotatable bonds is 5. The van der Waals surface area contributed by atoms with Crippen molar-refractivity contribution in [2.75, 3.05) is 17.2 Å². The Hall–Kier alpha value is -3.64. The third kappa shape index (κ3) is 5.23. The summed E-state index contributed by atoms with van der Waals surface area (Å²) < 4.78 is 0. The van der Waals surface area contributed by atoms with E-state index in [-0.39, 0.29) is 30.2 Å². The minimum Gasteiger partial charge on any atom is -0.335 e. The average molecular weight is 462 g/mol. The summed E-state index contributed by atoms with van der Waals surface area (Å²) in [6, 6.07) is 21.2. The van der Waals surface area contributed by atoms with Crippen LogP contribution in [0.3, 0.4) is 0 Å². The summed E-state index contributed by atoms with van der Waals surface area (Å²) in [4.78, 5) is 39.8. The van der Waals surface area contributed by atoms with Gasteiger partial charge in [-0.2, -0.15) is 0 Å². The van der Waals surface area contributed by atoms with Crippen LogP contribution in [0.5, 0.6) is 0 Å². The molecule has 1 aliphatic heterocycles. The molecule has 4 rings (SSSR count). The summed E-state index contributed by atoms with van der Waals surface area (Å²) in [6.07, 6.45) is 0.866. The molecule has 0 aromatic heterocycles. The van der Waals surface area contributed by atoms with Crippen molar-refractivity contribution in [1.82, 2.24) is 4.90 Å². The van der Waals surface area contributed by atoms with Gasteiger partial charge in [-0.1, -0.05) is 48.0 Å². The number of halogens is 1. The molecule has 1 aliphatic rings. The van der Waals surface area contributed by atoms with Gasteiger partial charge in [-0.25, -0.2) is 0 Å². The lowest BCUT2D eigenvalue weighted by Gasteiger charge is -2.36. The van der Waals surface area contributed by atoms with Crippen LogP contribution < -0.4 is 10.6 Å². The van der Waals surface area contributed by atoms with E-state index in [2.05, 4.69) is 10.6 Å². The molecular formula is C26H24ClN3O3. The fraction of sp³-hybridized carbons (Fsp3) is 0.192. The fourth-order valence-electron chi connectivity index (χ4n) is 4.15. The van der Waals surface area contributed by atoms with E-state index in [4.69, 9.17) is 11.6 Å². The van der Waals surface area contributed by atoms with Gasteiger partial charge in [-0.05, 0) is 53.9 Å². The van der Waals surface area contributed by atoms with Crippen LogP contribution in [0, 0.1) is 0 Å². The molecule has 3 amide bonds. The molecule has 2 N–H and O–H groups in total. The van der Waals surface area contributed by atoms with Gasteiger partial charge in [0.1, 0.15) is 0 Å². The molecule has 1 heterocycles. The number of fused-ring (bicyclic) bond motifs is 1. The van der Waals surface area contributed by atoms with Crippen LogP contribution in [0.2, 0.25) is 5.02 Å². The number of anilines is 2. The van der Waals surface area contributed by atoms with E-state index >= 15 is 0 Å².